The quantitative estimate of drug-likeness (QED) is 0.895. The van der Waals surface area contributed by atoms with Crippen molar-refractivity contribution in [1.82, 2.24) is 4.31 Å². The molecule has 0 saturated carbocycles. The van der Waals surface area contributed by atoms with Crippen LogP contribution in [0, 0.1) is 0 Å². The molecule has 0 unspecified atom stereocenters. The van der Waals surface area contributed by atoms with Crippen LogP contribution in [0.4, 0.5) is 5.69 Å². The lowest BCUT2D eigenvalue weighted by atomic mass is 10.3. The second kappa shape index (κ2) is 6.86. The lowest BCUT2D eigenvalue weighted by Crippen LogP contribution is -2.48. The van der Waals surface area contributed by atoms with Gasteiger partial charge in [-0.25, -0.2) is 8.42 Å². The van der Waals surface area contributed by atoms with Crippen LogP contribution in [0.5, 0.6) is 5.75 Å². The van der Waals surface area contributed by atoms with E-state index in [9.17, 15) is 13.2 Å². The molecule has 1 N–H and O–H groups in total. The van der Waals surface area contributed by atoms with E-state index in [1.807, 2.05) is 13.8 Å². The number of morpholine rings is 1. The van der Waals surface area contributed by atoms with Gasteiger partial charge in [0.25, 0.3) is 0 Å². The number of methoxy groups -OCH3 is 1. The van der Waals surface area contributed by atoms with E-state index in [0.717, 1.165) is 0 Å². The number of hydrogen-bond acceptors (Lipinski definition) is 5. The van der Waals surface area contributed by atoms with E-state index in [4.69, 9.17) is 9.47 Å². The molecule has 23 heavy (non-hydrogen) atoms. The number of benzene rings is 1. The second-order valence-electron chi connectivity index (χ2n) is 5.62. The van der Waals surface area contributed by atoms with Gasteiger partial charge < -0.3 is 14.8 Å². The highest BCUT2D eigenvalue weighted by Gasteiger charge is 2.32. The number of nitrogens with one attached hydrogen (secondary N) is 1. The molecule has 0 radical (unpaired) electrons. The highest BCUT2D eigenvalue weighted by Crippen LogP contribution is 2.30. The summed E-state index contributed by atoms with van der Waals surface area (Å²) in [4.78, 5) is 11.4. The average Bonchev–Trinajstić information content (AvgIpc) is 2.45. The molecule has 1 aliphatic heterocycles. The lowest BCUT2D eigenvalue weighted by Gasteiger charge is -2.34. The highest BCUT2D eigenvalue weighted by atomic mass is 32.2. The molecule has 2 rings (SSSR count). The van der Waals surface area contributed by atoms with Crippen LogP contribution in [0.1, 0.15) is 20.8 Å². The Morgan fingerprint density at radius 3 is 2.43 bits per heavy atom. The predicted molar refractivity (Wildman–Crippen MR) is 86.1 cm³/mol. The number of sulfonamides is 1. The van der Waals surface area contributed by atoms with Gasteiger partial charge in [0.15, 0.2) is 0 Å². The zero-order valence-electron chi connectivity index (χ0n) is 13.7. The Kier molecular flexibility index (Phi) is 5.28. The SMILES string of the molecule is COc1ccc(S(=O)(=O)N2C[C@@H](C)O[C@@H](C)C2)cc1NC(C)=O. The minimum Gasteiger partial charge on any atom is -0.495 e. The van der Waals surface area contributed by atoms with Crippen LogP contribution in [0.3, 0.4) is 0 Å². The van der Waals surface area contributed by atoms with E-state index in [0.29, 0.717) is 24.5 Å². The lowest BCUT2D eigenvalue weighted by molar-refractivity contribution is -0.114. The van der Waals surface area contributed by atoms with Crippen molar-refractivity contribution < 1.29 is 22.7 Å². The predicted octanol–water partition coefficient (Wildman–Crippen LogP) is 1.45. The summed E-state index contributed by atoms with van der Waals surface area (Å²) in [6, 6.07) is 4.43. The van der Waals surface area contributed by atoms with E-state index in [-0.39, 0.29) is 23.0 Å². The number of carbonyl (C=O) groups is 1. The summed E-state index contributed by atoms with van der Waals surface area (Å²) < 4.78 is 37.8. The standard InChI is InChI=1S/C15H22N2O5S/c1-10-8-17(9-11(2)22-10)23(19,20)13-5-6-15(21-4)14(7-13)16-12(3)18/h5-7,10-11H,8-9H2,1-4H3,(H,16,18)/t10-,11+. The van der Waals surface area contributed by atoms with Crippen molar-refractivity contribution in [2.75, 3.05) is 25.5 Å². The van der Waals surface area contributed by atoms with Crippen LogP contribution >= 0.6 is 0 Å². The maximum absolute atomic E-state index is 12.8. The van der Waals surface area contributed by atoms with Gasteiger partial charge in [-0.1, -0.05) is 0 Å². The van der Waals surface area contributed by atoms with E-state index in [2.05, 4.69) is 5.32 Å². The van der Waals surface area contributed by atoms with Crippen molar-refractivity contribution in [3.63, 3.8) is 0 Å². The number of rotatable bonds is 4. The Morgan fingerprint density at radius 2 is 1.91 bits per heavy atom. The summed E-state index contributed by atoms with van der Waals surface area (Å²) in [5, 5.41) is 2.59. The number of hydrogen-bond donors (Lipinski definition) is 1. The van der Waals surface area contributed by atoms with Crippen molar-refractivity contribution in [3.8, 4) is 5.75 Å². The van der Waals surface area contributed by atoms with Crippen molar-refractivity contribution in [3.05, 3.63) is 18.2 Å². The van der Waals surface area contributed by atoms with Gasteiger partial charge in [-0.15, -0.1) is 0 Å². The van der Waals surface area contributed by atoms with Crippen LogP contribution in [0.15, 0.2) is 23.1 Å². The third-order valence-corrected chi connectivity index (χ3v) is 5.33. The first-order valence-corrected chi connectivity index (χ1v) is 8.79. The molecule has 1 heterocycles. The topological polar surface area (TPSA) is 84.9 Å². The van der Waals surface area contributed by atoms with E-state index >= 15 is 0 Å². The first-order chi connectivity index (χ1) is 10.7. The molecule has 1 aliphatic rings. The maximum Gasteiger partial charge on any atom is 0.243 e. The molecule has 2 atom stereocenters. The van der Waals surface area contributed by atoms with Crippen LogP contribution in [0.25, 0.3) is 0 Å². The van der Waals surface area contributed by atoms with Crippen molar-refractivity contribution in [2.24, 2.45) is 0 Å². The maximum atomic E-state index is 12.8. The first-order valence-electron chi connectivity index (χ1n) is 7.35. The summed E-state index contributed by atoms with van der Waals surface area (Å²) >= 11 is 0. The molecule has 1 amide bonds. The van der Waals surface area contributed by atoms with Gasteiger partial charge in [-0.05, 0) is 32.0 Å². The van der Waals surface area contributed by atoms with Crippen molar-refractivity contribution in [1.29, 1.82) is 0 Å². The summed E-state index contributed by atoms with van der Waals surface area (Å²) in [5.41, 5.74) is 0.329. The molecule has 7 nitrogen and oxygen atoms in total. The molecule has 1 aromatic carbocycles. The van der Waals surface area contributed by atoms with Crippen LogP contribution in [0.2, 0.25) is 0 Å². The van der Waals surface area contributed by atoms with Gasteiger partial charge in [0.2, 0.25) is 15.9 Å². The Morgan fingerprint density at radius 1 is 1.30 bits per heavy atom. The molecular formula is C15H22N2O5S. The molecule has 128 valence electrons. The third-order valence-electron chi connectivity index (χ3n) is 3.51. The van der Waals surface area contributed by atoms with Gasteiger partial charge in [0, 0.05) is 20.0 Å². The Balaban J connectivity index is 2.37. The minimum absolute atomic E-state index is 0.114. The summed E-state index contributed by atoms with van der Waals surface area (Å²) in [7, 11) is -2.21. The number of anilines is 1. The molecule has 0 aromatic heterocycles. The largest absolute Gasteiger partial charge is 0.495 e. The van der Waals surface area contributed by atoms with Crippen molar-refractivity contribution >= 4 is 21.6 Å². The number of amides is 1. The smallest absolute Gasteiger partial charge is 0.243 e. The zero-order chi connectivity index (χ0) is 17.2. The molecule has 1 saturated heterocycles. The monoisotopic (exact) mass is 342 g/mol. The molecular weight excluding hydrogens is 320 g/mol. The second-order valence-corrected chi connectivity index (χ2v) is 7.56. The average molecular weight is 342 g/mol. The van der Waals surface area contributed by atoms with E-state index in [1.54, 1.807) is 0 Å². The molecule has 0 spiro atoms. The molecule has 0 aliphatic carbocycles. The molecule has 8 heteroatoms. The molecule has 1 aromatic rings. The fourth-order valence-electron chi connectivity index (χ4n) is 2.61. The molecule has 0 bridgehead atoms. The summed E-state index contributed by atoms with van der Waals surface area (Å²) in [6.07, 6.45) is -0.330. The molecule has 1 fully saturated rings. The Bertz CT molecular complexity index is 679. The van der Waals surface area contributed by atoms with Gasteiger partial charge in [-0.2, -0.15) is 4.31 Å². The number of carbonyl (C=O) groups excluding carboxylic acids is 1. The fourth-order valence-corrected chi connectivity index (χ4v) is 4.23. The van der Waals surface area contributed by atoms with Crippen molar-refractivity contribution in [2.45, 2.75) is 37.9 Å². The van der Waals surface area contributed by atoms with Crippen LogP contribution < -0.4 is 10.1 Å². The minimum atomic E-state index is -3.66. The summed E-state index contributed by atoms with van der Waals surface area (Å²) in [5.74, 6) is 0.106. The third kappa shape index (κ3) is 4.01. The number of ether oxygens (including phenoxy) is 2. The zero-order valence-corrected chi connectivity index (χ0v) is 14.5. The first kappa shape index (κ1) is 17.7. The Labute approximate surface area is 136 Å². The number of nitrogens with zero attached hydrogens (tertiary/aromatic N) is 1. The van der Waals surface area contributed by atoms with Crippen LogP contribution in [-0.2, 0) is 19.6 Å². The normalized spacial score (nSPS) is 22.6. The van der Waals surface area contributed by atoms with Crippen LogP contribution in [-0.4, -0.2) is 51.0 Å². The Hall–Kier alpha value is -1.64. The van der Waals surface area contributed by atoms with Gasteiger partial charge in [0.1, 0.15) is 5.75 Å². The van der Waals surface area contributed by atoms with E-state index in [1.165, 1.54) is 36.5 Å². The van der Waals surface area contributed by atoms with E-state index < -0.39 is 10.0 Å². The fraction of sp³-hybridized carbons (Fsp3) is 0.533. The van der Waals surface area contributed by atoms with Gasteiger partial charge in [-0.3, -0.25) is 4.79 Å². The highest BCUT2D eigenvalue weighted by molar-refractivity contribution is 7.89. The van der Waals surface area contributed by atoms with Gasteiger partial charge >= 0.3 is 0 Å². The summed E-state index contributed by atoms with van der Waals surface area (Å²) in [6.45, 7) is 5.64. The van der Waals surface area contributed by atoms with Gasteiger partial charge in [0.05, 0.1) is 29.9 Å².